The normalized spacial score (nSPS) is 13.0. The predicted molar refractivity (Wildman–Crippen MR) is 51.6 cm³/mol. The fourth-order valence-corrected chi connectivity index (χ4v) is 1.58. The van der Waals surface area contributed by atoms with E-state index < -0.39 is 6.10 Å². The number of benzene rings is 1. The molecule has 0 aliphatic heterocycles. The third kappa shape index (κ3) is 1.79. The molecule has 0 saturated heterocycles. The van der Waals surface area contributed by atoms with Crippen LogP contribution in [0.2, 0.25) is 0 Å². The summed E-state index contributed by atoms with van der Waals surface area (Å²) in [6, 6.07) is 5.95. The van der Waals surface area contributed by atoms with Crippen LogP contribution in [-0.2, 0) is 0 Å². The first-order chi connectivity index (χ1) is 5.66. The van der Waals surface area contributed by atoms with E-state index >= 15 is 0 Å². The molecule has 0 amide bonds. The molecule has 1 aromatic rings. The molecular weight excluding hydrogens is 172 g/mol. The summed E-state index contributed by atoms with van der Waals surface area (Å²) in [5.41, 5.74) is 3.17. The summed E-state index contributed by atoms with van der Waals surface area (Å²) in [7, 11) is 0. The van der Waals surface area contributed by atoms with Crippen molar-refractivity contribution in [2.45, 2.75) is 20.0 Å². The summed E-state index contributed by atoms with van der Waals surface area (Å²) in [5, 5.41) is 9.56. The van der Waals surface area contributed by atoms with Crippen LogP contribution in [0.25, 0.3) is 0 Å². The first kappa shape index (κ1) is 9.56. The molecule has 66 valence electrons. The average molecular weight is 185 g/mol. The largest absolute Gasteiger partial charge is 0.387 e. The molecule has 1 unspecified atom stereocenters. The molecule has 1 atom stereocenters. The Morgan fingerprint density at radius 3 is 2.25 bits per heavy atom. The summed E-state index contributed by atoms with van der Waals surface area (Å²) in [6.45, 7) is 3.97. The van der Waals surface area contributed by atoms with E-state index in [0.717, 1.165) is 16.7 Å². The van der Waals surface area contributed by atoms with E-state index in [0.29, 0.717) is 0 Å². The zero-order valence-electron chi connectivity index (χ0n) is 7.34. The highest BCUT2D eigenvalue weighted by molar-refractivity contribution is 6.18. The molecule has 12 heavy (non-hydrogen) atoms. The molecule has 2 heteroatoms. The van der Waals surface area contributed by atoms with Crippen LogP contribution in [0.15, 0.2) is 18.2 Å². The van der Waals surface area contributed by atoms with Crippen molar-refractivity contribution in [3.8, 4) is 0 Å². The summed E-state index contributed by atoms with van der Waals surface area (Å²) in [4.78, 5) is 0. The highest BCUT2D eigenvalue weighted by Crippen LogP contribution is 2.22. The van der Waals surface area contributed by atoms with Gasteiger partial charge in [0.1, 0.15) is 0 Å². The molecule has 1 rings (SSSR count). The second-order valence-corrected chi connectivity index (χ2v) is 3.28. The Labute approximate surface area is 78.0 Å². The van der Waals surface area contributed by atoms with Gasteiger partial charge in [0.2, 0.25) is 0 Å². The van der Waals surface area contributed by atoms with Crippen molar-refractivity contribution in [2.75, 3.05) is 5.88 Å². The minimum atomic E-state index is -0.534. The van der Waals surface area contributed by atoms with E-state index in [1.807, 2.05) is 32.0 Å². The van der Waals surface area contributed by atoms with Crippen LogP contribution in [0.1, 0.15) is 22.8 Å². The molecule has 1 aromatic carbocycles. The predicted octanol–water partition coefficient (Wildman–Crippen LogP) is 2.58. The van der Waals surface area contributed by atoms with Gasteiger partial charge in [0.25, 0.3) is 0 Å². The Balaban J connectivity index is 3.12. The molecule has 1 N–H and O–H groups in total. The summed E-state index contributed by atoms with van der Waals surface area (Å²) >= 11 is 5.58. The first-order valence-electron chi connectivity index (χ1n) is 3.97. The van der Waals surface area contributed by atoms with Gasteiger partial charge >= 0.3 is 0 Å². The molecule has 1 nitrogen and oxygen atoms in total. The van der Waals surface area contributed by atoms with E-state index in [1.54, 1.807) is 0 Å². The molecule has 0 aliphatic rings. The number of hydrogen-bond donors (Lipinski definition) is 1. The van der Waals surface area contributed by atoms with Gasteiger partial charge in [0, 0.05) is 0 Å². The maximum atomic E-state index is 9.56. The molecule has 0 spiro atoms. The highest BCUT2D eigenvalue weighted by Gasteiger charge is 2.10. The van der Waals surface area contributed by atoms with Gasteiger partial charge in [-0.3, -0.25) is 0 Å². The van der Waals surface area contributed by atoms with Crippen molar-refractivity contribution in [1.82, 2.24) is 0 Å². The maximum Gasteiger partial charge on any atom is 0.0930 e. The molecule has 0 heterocycles. The maximum absolute atomic E-state index is 9.56. The highest BCUT2D eigenvalue weighted by atomic mass is 35.5. The van der Waals surface area contributed by atoms with Crippen molar-refractivity contribution in [2.24, 2.45) is 0 Å². The minimum absolute atomic E-state index is 0.256. The molecule has 0 aromatic heterocycles. The number of rotatable bonds is 2. The van der Waals surface area contributed by atoms with Crippen LogP contribution in [0.5, 0.6) is 0 Å². The third-order valence-corrected chi connectivity index (χ3v) is 2.31. The molecule has 0 bridgehead atoms. The number of aliphatic hydroxyl groups excluding tert-OH is 1. The Morgan fingerprint density at radius 2 is 1.83 bits per heavy atom. The van der Waals surface area contributed by atoms with E-state index in [9.17, 15) is 5.11 Å². The zero-order valence-corrected chi connectivity index (χ0v) is 8.10. The topological polar surface area (TPSA) is 20.2 Å². The van der Waals surface area contributed by atoms with Crippen LogP contribution in [0.3, 0.4) is 0 Å². The SMILES string of the molecule is Cc1cccc(C)c1C(O)CCl. The molecular formula is C10H13ClO. The van der Waals surface area contributed by atoms with E-state index in [1.165, 1.54) is 0 Å². The van der Waals surface area contributed by atoms with Crippen LogP contribution in [0.4, 0.5) is 0 Å². The molecule has 0 saturated carbocycles. The number of aryl methyl sites for hydroxylation is 2. The van der Waals surface area contributed by atoms with Crippen molar-refractivity contribution in [3.05, 3.63) is 34.9 Å². The van der Waals surface area contributed by atoms with Crippen molar-refractivity contribution < 1.29 is 5.11 Å². The van der Waals surface area contributed by atoms with Crippen molar-refractivity contribution >= 4 is 11.6 Å². The number of alkyl halides is 1. The van der Waals surface area contributed by atoms with Crippen LogP contribution < -0.4 is 0 Å². The van der Waals surface area contributed by atoms with Crippen molar-refractivity contribution in [1.29, 1.82) is 0 Å². The summed E-state index contributed by atoms with van der Waals surface area (Å²) in [5.74, 6) is 0.256. The lowest BCUT2D eigenvalue weighted by Gasteiger charge is -2.13. The quantitative estimate of drug-likeness (QED) is 0.701. The van der Waals surface area contributed by atoms with Gasteiger partial charge in [-0.05, 0) is 30.5 Å². The number of aliphatic hydroxyl groups is 1. The van der Waals surface area contributed by atoms with Gasteiger partial charge in [0.05, 0.1) is 12.0 Å². The van der Waals surface area contributed by atoms with Crippen LogP contribution >= 0.6 is 11.6 Å². The van der Waals surface area contributed by atoms with Gasteiger partial charge in [0.15, 0.2) is 0 Å². The molecule has 0 radical (unpaired) electrons. The fraction of sp³-hybridized carbons (Fsp3) is 0.400. The van der Waals surface area contributed by atoms with Gasteiger partial charge in [-0.1, -0.05) is 18.2 Å². The molecule has 0 fully saturated rings. The Hall–Kier alpha value is -0.530. The smallest absolute Gasteiger partial charge is 0.0930 e. The third-order valence-electron chi connectivity index (χ3n) is 2.02. The zero-order chi connectivity index (χ0) is 9.14. The van der Waals surface area contributed by atoms with Crippen LogP contribution in [-0.4, -0.2) is 11.0 Å². The van der Waals surface area contributed by atoms with Gasteiger partial charge in [-0.15, -0.1) is 11.6 Å². The number of hydrogen-bond acceptors (Lipinski definition) is 1. The van der Waals surface area contributed by atoms with Gasteiger partial charge < -0.3 is 5.11 Å². The molecule has 0 aliphatic carbocycles. The minimum Gasteiger partial charge on any atom is -0.387 e. The van der Waals surface area contributed by atoms with Gasteiger partial charge in [-0.25, -0.2) is 0 Å². The Bertz CT molecular complexity index is 250. The Morgan fingerprint density at radius 1 is 1.33 bits per heavy atom. The lowest BCUT2D eigenvalue weighted by atomic mass is 9.99. The number of halogens is 1. The monoisotopic (exact) mass is 184 g/mol. The summed E-state index contributed by atoms with van der Waals surface area (Å²) in [6.07, 6.45) is -0.534. The second kappa shape index (κ2) is 3.92. The standard InChI is InChI=1S/C10H13ClO/c1-7-4-3-5-8(2)10(7)9(12)6-11/h3-5,9,12H,6H2,1-2H3. The van der Waals surface area contributed by atoms with Crippen molar-refractivity contribution in [3.63, 3.8) is 0 Å². The summed E-state index contributed by atoms with van der Waals surface area (Å²) < 4.78 is 0. The van der Waals surface area contributed by atoms with E-state index in [-0.39, 0.29) is 5.88 Å². The lowest BCUT2D eigenvalue weighted by Crippen LogP contribution is -2.03. The van der Waals surface area contributed by atoms with Crippen LogP contribution in [0, 0.1) is 13.8 Å². The van der Waals surface area contributed by atoms with E-state index in [4.69, 9.17) is 11.6 Å². The first-order valence-corrected chi connectivity index (χ1v) is 4.50. The van der Waals surface area contributed by atoms with E-state index in [2.05, 4.69) is 0 Å². The Kier molecular flexibility index (Phi) is 3.12. The second-order valence-electron chi connectivity index (χ2n) is 2.98. The fourth-order valence-electron chi connectivity index (χ4n) is 1.43. The lowest BCUT2D eigenvalue weighted by molar-refractivity contribution is 0.201. The van der Waals surface area contributed by atoms with Gasteiger partial charge in [-0.2, -0.15) is 0 Å². The average Bonchev–Trinajstić information content (AvgIpc) is 2.03.